The Labute approximate surface area is 99.1 Å². The van der Waals surface area contributed by atoms with Crippen LogP contribution in [0.25, 0.3) is 0 Å². The molecule has 2 heterocycles. The van der Waals surface area contributed by atoms with Gasteiger partial charge in [-0.25, -0.2) is 0 Å². The van der Waals surface area contributed by atoms with Crippen molar-refractivity contribution in [3.05, 3.63) is 5.51 Å². The number of aromatic nitrogens is 2. The summed E-state index contributed by atoms with van der Waals surface area (Å²) >= 11 is 1.53. The molecule has 16 heavy (non-hydrogen) atoms. The summed E-state index contributed by atoms with van der Waals surface area (Å²) in [7, 11) is 3.62. The zero-order valence-electron chi connectivity index (χ0n) is 9.59. The van der Waals surface area contributed by atoms with Gasteiger partial charge in [0.05, 0.1) is 5.92 Å². The SMILES string of the molecule is CN(C)C(=O)C1CCCN(c2nncs2)C1. The molecule has 5 nitrogen and oxygen atoms in total. The van der Waals surface area contributed by atoms with E-state index in [1.165, 1.54) is 11.3 Å². The van der Waals surface area contributed by atoms with E-state index in [-0.39, 0.29) is 11.8 Å². The molecular formula is C10H16N4OS. The third-order valence-corrected chi connectivity index (χ3v) is 3.58. The lowest BCUT2D eigenvalue weighted by atomic mass is 9.97. The van der Waals surface area contributed by atoms with Crippen molar-refractivity contribution in [2.75, 3.05) is 32.1 Å². The minimum Gasteiger partial charge on any atom is -0.349 e. The molecule has 1 atom stereocenters. The summed E-state index contributed by atoms with van der Waals surface area (Å²) in [5.41, 5.74) is 1.73. The van der Waals surface area contributed by atoms with E-state index >= 15 is 0 Å². The quantitative estimate of drug-likeness (QED) is 0.768. The van der Waals surface area contributed by atoms with E-state index in [1.807, 2.05) is 14.1 Å². The Bertz CT molecular complexity index is 352. The summed E-state index contributed by atoms with van der Waals surface area (Å²) in [5.74, 6) is 0.321. The second kappa shape index (κ2) is 4.78. The van der Waals surface area contributed by atoms with Crippen LogP contribution in [0.2, 0.25) is 0 Å². The lowest BCUT2D eigenvalue weighted by Gasteiger charge is -2.32. The van der Waals surface area contributed by atoms with E-state index in [2.05, 4.69) is 15.1 Å². The van der Waals surface area contributed by atoms with Crippen LogP contribution in [0.5, 0.6) is 0 Å². The van der Waals surface area contributed by atoms with Gasteiger partial charge in [0, 0.05) is 27.2 Å². The van der Waals surface area contributed by atoms with E-state index in [0.717, 1.165) is 31.1 Å². The first-order chi connectivity index (χ1) is 7.68. The molecule has 1 unspecified atom stereocenters. The van der Waals surface area contributed by atoms with Crippen molar-refractivity contribution < 1.29 is 4.79 Å². The molecule has 1 aliphatic heterocycles. The van der Waals surface area contributed by atoms with Crippen molar-refractivity contribution >= 4 is 22.4 Å². The highest BCUT2D eigenvalue weighted by Gasteiger charge is 2.27. The maximum absolute atomic E-state index is 11.9. The lowest BCUT2D eigenvalue weighted by molar-refractivity contribution is -0.133. The van der Waals surface area contributed by atoms with Gasteiger partial charge in [0.15, 0.2) is 0 Å². The van der Waals surface area contributed by atoms with Gasteiger partial charge in [0.2, 0.25) is 11.0 Å². The fraction of sp³-hybridized carbons (Fsp3) is 0.700. The molecule has 0 saturated carbocycles. The van der Waals surface area contributed by atoms with Gasteiger partial charge in [-0.1, -0.05) is 11.3 Å². The molecule has 0 spiro atoms. The van der Waals surface area contributed by atoms with Gasteiger partial charge in [-0.15, -0.1) is 10.2 Å². The number of nitrogens with zero attached hydrogens (tertiary/aromatic N) is 4. The Balaban J connectivity index is 2.02. The first-order valence-corrected chi connectivity index (χ1v) is 6.28. The van der Waals surface area contributed by atoms with Crippen LogP contribution in [0.15, 0.2) is 5.51 Å². The van der Waals surface area contributed by atoms with Crippen LogP contribution < -0.4 is 4.90 Å². The standard InChI is InChI=1S/C10H16N4OS/c1-13(2)9(15)8-4-3-5-14(6-8)10-12-11-7-16-10/h7-8H,3-6H2,1-2H3. The predicted molar refractivity (Wildman–Crippen MR) is 63.5 cm³/mol. The first kappa shape index (κ1) is 11.3. The Morgan fingerprint density at radius 1 is 1.62 bits per heavy atom. The van der Waals surface area contributed by atoms with Crippen molar-refractivity contribution in [3.8, 4) is 0 Å². The summed E-state index contributed by atoms with van der Waals surface area (Å²) in [5, 5.41) is 8.81. The Kier molecular flexibility index (Phi) is 3.38. The summed E-state index contributed by atoms with van der Waals surface area (Å²) in [4.78, 5) is 15.7. The minimum absolute atomic E-state index is 0.104. The smallest absolute Gasteiger partial charge is 0.226 e. The largest absolute Gasteiger partial charge is 0.349 e. The Morgan fingerprint density at radius 2 is 2.44 bits per heavy atom. The number of rotatable bonds is 2. The second-order valence-electron chi connectivity index (χ2n) is 4.24. The van der Waals surface area contributed by atoms with Crippen molar-refractivity contribution in [2.24, 2.45) is 5.92 Å². The van der Waals surface area contributed by atoms with Crippen molar-refractivity contribution in [1.82, 2.24) is 15.1 Å². The van der Waals surface area contributed by atoms with Crippen LogP contribution in [-0.2, 0) is 4.79 Å². The predicted octanol–water partition coefficient (Wildman–Crippen LogP) is 0.843. The summed E-state index contributed by atoms with van der Waals surface area (Å²) < 4.78 is 0. The van der Waals surface area contributed by atoms with Gasteiger partial charge in [-0.3, -0.25) is 4.79 Å². The average molecular weight is 240 g/mol. The van der Waals surface area contributed by atoms with Gasteiger partial charge in [-0.05, 0) is 12.8 Å². The molecule has 1 fully saturated rings. The lowest BCUT2D eigenvalue weighted by Crippen LogP contribution is -2.42. The van der Waals surface area contributed by atoms with Crippen molar-refractivity contribution in [2.45, 2.75) is 12.8 Å². The maximum Gasteiger partial charge on any atom is 0.226 e. The van der Waals surface area contributed by atoms with E-state index in [4.69, 9.17) is 0 Å². The normalized spacial score (nSPS) is 20.9. The highest BCUT2D eigenvalue weighted by molar-refractivity contribution is 7.13. The number of carbonyl (C=O) groups is 1. The van der Waals surface area contributed by atoms with E-state index in [0.29, 0.717) is 0 Å². The average Bonchev–Trinajstić information content (AvgIpc) is 2.81. The molecule has 88 valence electrons. The summed E-state index contributed by atoms with van der Waals surface area (Å²) in [6.07, 6.45) is 2.02. The zero-order valence-corrected chi connectivity index (χ0v) is 10.4. The van der Waals surface area contributed by atoms with Crippen LogP contribution >= 0.6 is 11.3 Å². The van der Waals surface area contributed by atoms with Gasteiger partial charge in [-0.2, -0.15) is 0 Å². The number of hydrogen-bond donors (Lipinski definition) is 0. The Hall–Kier alpha value is -1.17. The number of hydrogen-bond acceptors (Lipinski definition) is 5. The van der Waals surface area contributed by atoms with Gasteiger partial charge >= 0.3 is 0 Å². The fourth-order valence-corrected chi connectivity index (χ4v) is 2.62. The van der Waals surface area contributed by atoms with E-state index in [1.54, 1.807) is 10.4 Å². The molecule has 1 aliphatic rings. The molecule has 6 heteroatoms. The summed E-state index contributed by atoms with van der Waals surface area (Å²) in [6.45, 7) is 1.75. The molecule has 1 aromatic heterocycles. The highest BCUT2D eigenvalue weighted by atomic mass is 32.1. The summed E-state index contributed by atoms with van der Waals surface area (Å²) in [6, 6.07) is 0. The molecule has 1 aromatic rings. The molecule has 0 N–H and O–H groups in total. The molecule has 0 aliphatic carbocycles. The minimum atomic E-state index is 0.104. The van der Waals surface area contributed by atoms with Gasteiger partial charge < -0.3 is 9.80 Å². The number of piperidine rings is 1. The maximum atomic E-state index is 11.9. The Morgan fingerprint density at radius 3 is 3.06 bits per heavy atom. The second-order valence-corrected chi connectivity index (χ2v) is 5.05. The van der Waals surface area contributed by atoms with Gasteiger partial charge in [0.1, 0.15) is 5.51 Å². The highest BCUT2D eigenvalue weighted by Crippen LogP contribution is 2.24. The molecule has 0 bridgehead atoms. The van der Waals surface area contributed by atoms with Crippen molar-refractivity contribution in [3.63, 3.8) is 0 Å². The molecule has 0 aromatic carbocycles. The third kappa shape index (κ3) is 2.32. The van der Waals surface area contributed by atoms with Crippen LogP contribution in [0.4, 0.5) is 5.13 Å². The fourth-order valence-electron chi connectivity index (χ4n) is 2.02. The number of amides is 1. The molecule has 0 radical (unpaired) electrons. The number of carbonyl (C=O) groups excluding carboxylic acids is 1. The van der Waals surface area contributed by atoms with E-state index in [9.17, 15) is 4.79 Å². The topological polar surface area (TPSA) is 49.3 Å². The first-order valence-electron chi connectivity index (χ1n) is 5.41. The zero-order chi connectivity index (χ0) is 11.5. The molecule has 1 amide bonds. The van der Waals surface area contributed by atoms with Crippen LogP contribution in [0.3, 0.4) is 0 Å². The number of anilines is 1. The van der Waals surface area contributed by atoms with Crippen LogP contribution in [0.1, 0.15) is 12.8 Å². The van der Waals surface area contributed by atoms with Crippen molar-refractivity contribution in [1.29, 1.82) is 0 Å². The monoisotopic (exact) mass is 240 g/mol. The third-order valence-electron chi connectivity index (χ3n) is 2.83. The van der Waals surface area contributed by atoms with Gasteiger partial charge in [0.25, 0.3) is 0 Å². The van der Waals surface area contributed by atoms with E-state index < -0.39 is 0 Å². The molecular weight excluding hydrogens is 224 g/mol. The van der Waals surface area contributed by atoms with Crippen LogP contribution in [0, 0.1) is 5.92 Å². The molecule has 2 rings (SSSR count). The molecule has 1 saturated heterocycles. The van der Waals surface area contributed by atoms with Crippen LogP contribution in [-0.4, -0.2) is 48.2 Å².